The molecule has 0 atom stereocenters. The van der Waals surface area contributed by atoms with E-state index in [4.69, 9.17) is 4.74 Å². The third-order valence-electron chi connectivity index (χ3n) is 4.67. The molecule has 3 rings (SSSR count). The Labute approximate surface area is 166 Å². The number of allylic oxidation sites excluding steroid dienone is 1. The minimum atomic E-state index is -0.219. The van der Waals surface area contributed by atoms with Crippen LogP contribution < -0.4 is 10.1 Å². The smallest absolute Gasteiger partial charge is 0.123 e. The maximum Gasteiger partial charge on any atom is 0.123 e. The second kappa shape index (κ2) is 9.86. The fourth-order valence-electron chi connectivity index (χ4n) is 3.29. The highest BCUT2D eigenvalue weighted by atomic mass is 19.1. The predicted octanol–water partition coefficient (Wildman–Crippen LogP) is 5.79. The van der Waals surface area contributed by atoms with Crippen LogP contribution in [0.2, 0.25) is 0 Å². The highest BCUT2D eigenvalue weighted by molar-refractivity contribution is 5.98. The van der Waals surface area contributed by atoms with Crippen LogP contribution in [0.25, 0.3) is 11.1 Å². The quantitative estimate of drug-likeness (QED) is 0.397. The lowest BCUT2D eigenvalue weighted by Gasteiger charge is -2.17. The van der Waals surface area contributed by atoms with E-state index in [0.29, 0.717) is 6.61 Å². The van der Waals surface area contributed by atoms with Crippen LogP contribution in [-0.2, 0) is 0 Å². The lowest BCUT2D eigenvalue weighted by Crippen LogP contribution is -2.15. The molecular weight excluding hydrogens is 349 g/mol. The van der Waals surface area contributed by atoms with Crippen LogP contribution >= 0.6 is 0 Å². The Hall–Kier alpha value is -2.91. The summed E-state index contributed by atoms with van der Waals surface area (Å²) < 4.78 is 19.2. The minimum absolute atomic E-state index is 0.219. The van der Waals surface area contributed by atoms with Crippen molar-refractivity contribution in [3.63, 3.8) is 0 Å². The van der Waals surface area contributed by atoms with Gasteiger partial charge in [0, 0.05) is 6.54 Å². The number of hydrogen-bond donors (Lipinski definition) is 1. The van der Waals surface area contributed by atoms with E-state index in [-0.39, 0.29) is 5.82 Å². The Balaban J connectivity index is 2.06. The summed E-state index contributed by atoms with van der Waals surface area (Å²) in [6.07, 6.45) is 0.844. The Morgan fingerprint density at radius 1 is 0.821 bits per heavy atom. The first-order valence-corrected chi connectivity index (χ1v) is 9.65. The lowest BCUT2D eigenvalue weighted by atomic mass is 9.88. The standard InChI is InChI=1S/C25H26FNO/c1-3-24(19-9-13-22(26)14-10-19)25(20-7-5-4-6-8-20)21-11-15-23(16-12-21)28-18-17-27-2/h4-16,27H,3,17-18H2,1-2H3/b25-24-. The van der Waals surface area contributed by atoms with Crippen molar-refractivity contribution in [2.45, 2.75) is 13.3 Å². The zero-order valence-electron chi connectivity index (χ0n) is 16.4. The second-order valence-corrected chi connectivity index (χ2v) is 6.56. The van der Waals surface area contributed by atoms with Crippen LogP contribution in [0.1, 0.15) is 30.0 Å². The Kier molecular flexibility index (Phi) is 6.99. The summed E-state index contributed by atoms with van der Waals surface area (Å²) in [6, 6.07) is 25.3. The number of benzene rings is 3. The number of halogens is 1. The summed E-state index contributed by atoms with van der Waals surface area (Å²) in [5, 5.41) is 3.07. The molecule has 0 unspecified atom stereocenters. The van der Waals surface area contributed by atoms with Gasteiger partial charge in [-0.25, -0.2) is 4.39 Å². The summed E-state index contributed by atoms with van der Waals surface area (Å²) in [7, 11) is 1.91. The number of hydrogen-bond acceptors (Lipinski definition) is 2. The third kappa shape index (κ3) is 4.87. The molecule has 0 aromatic heterocycles. The summed E-state index contributed by atoms with van der Waals surface area (Å²) >= 11 is 0. The van der Waals surface area contributed by atoms with E-state index < -0.39 is 0 Å². The summed E-state index contributed by atoms with van der Waals surface area (Å²) in [5.41, 5.74) is 5.66. The molecule has 0 amide bonds. The molecule has 3 aromatic rings. The summed E-state index contributed by atoms with van der Waals surface area (Å²) in [5.74, 6) is 0.634. The molecule has 0 fully saturated rings. The fourth-order valence-corrected chi connectivity index (χ4v) is 3.29. The van der Waals surface area contributed by atoms with Gasteiger partial charge < -0.3 is 10.1 Å². The first kappa shape index (κ1) is 19.8. The van der Waals surface area contributed by atoms with Gasteiger partial charge in [0.15, 0.2) is 0 Å². The van der Waals surface area contributed by atoms with Gasteiger partial charge in [-0.05, 0) is 65.6 Å². The molecule has 0 saturated heterocycles. The number of nitrogens with one attached hydrogen (secondary N) is 1. The van der Waals surface area contributed by atoms with Gasteiger partial charge in [0.2, 0.25) is 0 Å². The molecule has 1 N–H and O–H groups in total. The topological polar surface area (TPSA) is 21.3 Å². The van der Waals surface area contributed by atoms with Crippen LogP contribution in [0, 0.1) is 5.82 Å². The summed E-state index contributed by atoms with van der Waals surface area (Å²) in [4.78, 5) is 0. The molecule has 0 aliphatic heterocycles. The minimum Gasteiger partial charge on any atom is -0.492 e. The first-order chi connectivity index (χ1) is 13.7. The fraction of sp³-hybridized carbons (Fsp3) is 0.200. The van der Waals surface area contributed by atoms with E-state index in [0.717, 1.165) is 41.0 Å². The van der Waals surface area contributed by atoms with E-state index >= 15 is 0 Å². The number of ether oxygens (including phenoxy) is 1. The molecule has 0 heterocycles. The maximum absolute atomic E-state index is 13.4. The van der Waals surface area contributed by atoms with Gasteiger partial charge in [-0.1, -0.05) is 61.5 Å². The van der Waals surface area contributed by atoms with E-state index in [1.54, 1.807) is 0 Å². The zero-order valence-corrected chi connectivity index (χ0v) is 16.4. The monoisotopic (exact) mass is 375 g/mol. The van der Waals surface area contributed by atoms with Crippen LogP contribution in [0.15, 0.2) is 78.9 Å². The number of rotatable bonds is 8. The molecule has 2 nitrogen and oxygen atoms in total. The Morgan fingerprint density at radius 2 is 1.43 bits per heavy atom. The van der Waals surface area contributed by atoms with Crippen LogP contribution in [0.4, 0.5) is 4.39 Å². The number of likely N-dealkylation sites (N-methyl/N-ethyl adjacent to an activating group) is 1. The normalized spacial score (nSPS) is 11.8. The molecule has 0 spiro atoms. The van der Waals surface area contributed by atoms with Gasteiger partial charge in [0.25, 0.3) is 0 Å². The molecular formula is C25H26FNO. The largest absolute Gasteiger partial charge is 0.492 e. The molecule has 0 aliphatic carbocycles. The van der Waals surface area contributed by atoms with Crippen molar-refractivity contribution in [2.24, 2.45) is 0 Å². The van der Waals surface area contributed by atoms with Crippen molar-refractivity contribution >= 4 is 11.1 Å². The SMILES string of the molecule is CC/C(=C(\c1ccccc1)c1ccc(OCCNC)cc1)c1ccc(F)cc1. The summed E-state index contributed by atoms with van der Waals surface area (Å²) in [6.45, 7) is 3.57. The van der Waals surface area contributed by atoms with Gasteiger partial charge in [-0.2, -0.15) is 0 Å². The average Bonchev–Trinajstić information content (AvgIpc) is 2.74. The molecule has 0 aliphatic rings. The van der Waals surface area contributed by atoms with Crippen molar-refractivity contribution < 1.29 is 9.13 Å². The lowest BCUT2D eigenvalue weighted by molar-refractivity contribution is 0.318. The van der Waals surface area contributed by atoms with Crippen molar-refractivity contribution in [2.75, 3.05) is 20.2 Å². The van der Waals surface area contributed by atoms with E-state index in [1.165, 1.54) is 17.7 Å². The second-order valence-electron chi connectivity index (χ2n) is 6.56. The highest BCUT2D eigenvalue weighted by Crippen LogP contribution is 2.35. The maximum atomic E-state index is 13.4. The van der Waals surface area contributed by atoms with Gasteiger partial charge in [0.1, 0.15) is 18.2 Å². The molecule has 0 bridgehead atoms. The molecule has 0 saturated carbocycles. The van der Waals surface area contributed by atoms with Crippen molar-refractivity contribution in [3.05, 3.63) is 101 Å². The van der Waals surface area contributed by atoms with Gasteiger partial charge in [-0.3, -0.25) is 0 Å². The van der Waals surface area contributed by atoms with Gasteiger partial charge in [-0.15, -0.1) is 0 Å². The van der Waals surface area contributed by atoms with Crippen molar-refractivity contribution in [1.82, 2.24) is 5.32 Å². The van der Waals surface area contributed by atoms with Crippen molar-refractivity contribution in [1.29, 1.82) is 0 Å². The van der Waals surface area contributed by atoms with E-state index in [1.807, 2.05) is 49.5 Å². The molecule has 28 heavy (non-hydrogen) atoms. The van der Waals surface area contributed by atoms with E-state index in [2.05, 4.69) is 36.5 Å². The zero-order chi connectivity index (χ0) is 19.8. The molecule has 3 aromatic carbocycles. The van der Waals surface area contributed by atoms with Crippen LogP contribution in [-0.4, -0.2) is 20.2 Å². The molecule has 144 valence electrons. The van der Waals surface area contributed by atoms with Crippen LogP contribution in [0.3, 0.4) is 0 Å². The molecule has 0 radical (unpaired) electrons. The van der Waals surface area contributed by atoms with E-state index in [9.17, 15) is 4.39 Å². The predicted molar refractivity (Wildman–Crippen MR) is 115 cm³/mol. The van der Waals surface area contributed by atoms with Gasteiger partial charge >= 0.3 is 0 Å². The Morgan fingerprint density at radius 3 is 2.04 bits per heavy atom. The Bertz CT molecular complexity index is 900. The highest BCUT2D eigenvalue weighted by Gasteiger charge is 2.13. The first-order valence-electron chi connectivity index (χ1n) is 9.65. The van der Waals surface area contributed by atoms with Gasteiger partial charge in [0.05, 0.1) is 0 Å². The van der Waals surface area contributed by atoms with Crippen LogP contribution in [0.5, 0.6) is 5.75 Å². The van der Waals surface area contributed by atoms with Crippen molar-refractivity contribution in [3.8, 4) is 5.75 Å². The average molecular weight is 375 g/mol. The molecule has 3 heteroatoms. The third-order valence-corrected chi connectivity index (χ3v) is 4.67.